The minimum Gasteiger partial charge on any atom is -0.463 e. The van der Waals surface area contributed by atoms with Gasteiger partial charge in [0, 0.05) is 11.1 Å². The third-order valence-electron chi connectivity index (χ3n) is 4.25. The summed E-state index contributed by atoms with van der Waals surface area (Å²) < 4.78 is 23.8. The zero-order valence-corrected chi connectivity index (χ0v) is 16.2. The van der Waals surface area contributed by atoms with Crippen molar-refractivity contribution in [1.29, 1.82) is 0 Å². The lowest BCUT2D eigenvalue weighted by molar-refractivity contribution is -0.119. The molecule has 8 heteroatoms. The van der Waals surface area contributed by atoms with Crippen LogP contribution in [0.5, 0.6) is 0 Å². The molecular formula is C22H14ClFN2O4. The van der Waals surface area contributed by atoms with Crippen LogP contribution >= 0.6 is 11.6 Å². The Morgan fingerprint density at radius 3 is 2.70 bits per heavy atom. The summed E-state index contributed by atoms with van der Waals surface area (Å²) in [6.07, 6.45) is 1.51. The van der Waals surface area contributed by atoms with Gasteiger partial charge in [0.1, 0.15) is 11.5 Å². The molecule has 0 atom stereocenters. The number of anilines is 1. The van der Waals surface area contributed by atoms with Gasteiger partial charge in [-0.2, -0.15) is 0 Å². The maximum atomic E-state index is 13.2. The molecule has 0 fully saturated rings. The third kappa shape index (κ3) is 4.16. The van der Waals surface area contributed by atoms with E-state index in [4.69, 9.17) is 20.8 Å². The van der Waals surface area contributed by atoms with Crippen molar-refractivity contribution in [1.82, 2.24) is 4.98 Å². The Morgan fingerprint density at radius 2 is 1.93 bits per heavy atom. The number of carbonyl (C=O) groups is 2. The molecule has 6 nitrogen and oxygen atoms in total. The number of hydrogen-bond acceptors (Lipinski definition) is 5. The van der Waals surface area contributed by atoms with Crippen LogP contribution in [0.1, 0.15) is 10.4 Å². The highest BCUT2D eigenvalue weighted by molar-refractivity contribution is 6.31. The predicted octanol–water partition coefficient (Wildman–Crippen LogP) is 5.08. The molecule has 1 N–H and O–H groups in total. The van der Waals surface area contributed by atoms with Gasteiger partial charge in [0.05, 0.1) is 22.4 Å². The van der Waals surface area contributed by atoms with Crippen LogP contribution in [0, 0.1) is 5.82 Å². The van der Waals surface area contributed by atoms with Crippen LogP contribution < -0.4 is 5.32 Å². The molecule has 4 aromatic rings. The highest BCUT2D eigenvalue weighted by Crippen LogP contribution is 2.26. The van der Waals surface area contributed by atoms with Crippen molar-refractivity contribution < 1.29 is 23.1 Å². The molecule has 4 rings (SSSR count). The number of amides is 1. The first-order chi connectivity index (χ1) is 14.5. The van der Waals surface area contributed by atoms with Crippen molar-refractivity contribution in [3.05, 3.63) is 83.3 Å². The molecule has 2 aromatic carbocycles. The highest BCUT2D eigenvalue weighted by Gasteiger charge is 2.17. The van der Waals surface area contributed by atoms with E-state index >= 15 is 0 Å². The van der Waals surface area contributed by atoms with Crippen molar-refractivity contribution in [2.75, 3.05) is 11.9 Å². The van der Waals surface area contributed by atoms with Gasteiger partial charge in [-0.3, -0.25) is 4.79 Å². The molecule has 0 bridgehead atoms. The average Bonchev–Trinajstić information content (AvgIpc) is 3.29. The van der Waals surface area contributed by atoms with Gasteiger partial charge in [-0.1, -0.05) is 29.8 Å². The fourth-order valence-corrected chi connectivity index (χ4v) is 3.06. The number of benzene rings is 2. The number of para-hydroxylation sites is 1. The topological polar surface area (TPSA) is 81.4 Å². The number of furan rings is 1. The summed E-state index contributed by atoms with van der Waals surface area (Å²) in [6.45, 7) is -0.527. The zero-order chi connectivity index (χ0) is 21.1. The van der Waals surface area contributed by atoms with E-state index in [1.165, 1.54) is 18.4 Å². The van der Waals surface area contributed by atoms with Crippen LogP contribution in [-0.4, -0.2) is 23.5 Å². The van der Waals surface area contributed by atoms with E-state index in [0.29, 0.717) is 22.4 Å². The molecule has 1 amide bonds. The molecular weight excluding hydrogens is 411 g/mol. The SMILES string of the molecule is O=C(COC(=O)c1cc(-c2ccco2)nc2ccccc12)Nc1ccc(F)c(Cl)c1. The summed E-state index contributed by atoms with van der Waals surface area (Å²) in [5, 5.41) is 2.95. The van der Waals surface area contributed by atoms with Crippen molar-refractivity contribution in [2.45, 2.75) is 0 Å². The van der Waals surface area contributed by atoms with Crippen LogP contribution in [0.15, 0.2) is 71.3 Å². The second-order valence-electron chi connectivity index (χ2n) is 6.30. The number of esters is 1. The number of fused-ring (bicyclic) bond motifs is 1. The average molecular weight is 425 g/mol. The zero-order valence-electron chi connectivity index (χ0n) is 15.4. The third-order valence-corrected chi connectivity index (χ3v) is 4.54. The lowest BCUT2D eigenvalue weighted by Gasteiger charge is -2.10. The molecule has 0 saturated heterocycles. The Balaban J connectivity index is 1.52. The van der Waals surface area contributed by atoms with Gasteiger partial charge >= 0.3 is 5.97 Å². The number of hydrogen-bond donors (Lipinski definition) is 1. The molecule has 2 heterocycles. The lowest BCUT2D eigenvalue weighted by atomic mass is 10.1. The van der Waals surface area contributed by atoms with Crippen molar-refractivity contribution in [2.24, 2.45) is 0 Å². The smallest absolute Gasteiger partial charge is 0.339 e. The molecule has 150 valence electrons. The molecule has 0 saturated carbocycles. The second-order valence-corrected chi connectivity index (χ2v) is 6.71. The van der Waals surface area contributed by atoms with Crippen molar-refractivity contribution in [3.63, 3.8) is 0 Å². The van der Waals surface area contributed by atoms with Crippen molar-refractivity contribution in [3.8, 4) is 11.5 Å². The van der Waals surface area contributed by atoms with Crippen molar-refractivity contribution >= 4 is 40.1 Å². The van der Waals surface area contributed by atoms with E-state index in [-0.39, 0.29) is 16.3 Å². The number of aromatic nitrogens is 1. The van der Waals surface area contributed by atoms with Gasteiger partial charge < -0.3 is 14.5 Å². The van der Waals surface area contributed by atoms with E-state index in [9.17, 15) is 14.0 Å². The first-order valence-electron chi connectivity index (χ1n) is 8.87. The van der Waals surface area contributed by atoms with E-state index < -0.39 is 24.3 Å². The maximum absolute atomic E-state index is 13.2. The maximum Gasteiger partial charge on any atom is 0.339 e. The van der Waals surface area contributed by atoms with Gasteiger partial charge in [-0.05, 0) is 42.5 Å². The molecule has 0 radical (unpaired) electrons. The largest absolute Gasteiger partial charge is 0.463 e. The van der Waals surface area contributed by atoms with Gasteiger partial charge in [-0.15, -0.1) is 0 Å². The molecule has 0 aliphatic carbocycles. The summed E-state index contributed by atoms with van der Waals surface area (Å²) in [5.41, 5.74) is 1.60. The molecule has 2 aromatic heterocycles. The molecule has 0 spiro atoms. The fraction of sp³-hybridized carbons (Fsp3) is 0.0455. The van der Waals surface area contributed by atoms with Gasteiger partial charge in [0.25, 0.3) is 5.91 Å². The van der Waals surface area contributed by atoms with Crippen LogP contribution in [-0.2, 0) is 9.53 Å². The number of halogens is 2. The molecule has 0 unspecified atom stereocenters. The van der Waals surface area contributed by atoms with E-state index in [2.05, 4.69) is 10.3 Å². The standard InChI is InChI=1S/C22H14ClFN2O4/c23-16-10-13(7-8-17(16)24)25-21(27)12-30-22(28)15-11-19(20-6-3-9-29-20)26-18-5-2-1-4-14(15)18/h1-11H,12H2,(H,25,27). The first-order valence-corrected chi connectivity index (χ1v) is 9.25. The molecule has 0 aliphatic heterocycles. The van der Waals surface area contributed by atoms with Gasteiger partial charge in [0.15, 0.2) is 12.4 Å². The summed E-state index contributed by atoms with van der Waals surface area (Å²) >= 11 is 5.69. The van der Waals surface area contributed by atoms with E-state index in [0.717, 1.165) is 6.07 Å². The quantitative estimate of drug-likeness (QED) is 0.452. The molecule has 0 aliphatic rings. The summed E-state index contributed by atoms with van der Waals surface area (Å²) in [4.78, 5) is 29.3. The number of rotatable bonds is 5. The number of carbonyl (C=O) groups excluding carboxylic acids is 2. The molecule has 30 heavy (non-hydrogen) atoms. The van der Waals surface area contributed by atoms with E-state index in [1.54, 1.807) is 42.5 Å². The Bertz CT molecular complexity index is 1240. The van der Waals surface area contributed by atoms with Crippen LogP contribution in [0.4, 0.5) is 10.1 Å². The first kappa shape index (κ1) is 19.6. The second kappa shape index (κ2) is 8.34. The Kier molecular flexibility index (Phi) is 5.45. The Labute approximate surface area is 175 Å². The lowest BCUT2D eigenvalue weighted by Crippen LogP contribution is -2.21. The number of nitrogens with one attached hydrogen (secondary N) is 1. The Hall–Kier alpha value is -3.71. The summed E-state index contributed by atoms with van der Waals surface area (Å²) in [6, 6.07) is 15.8. The fourth-order valence-electron chi connectivity index (χ4n) is 2.87. The monoisotopic (exact) mass is 424 g/mol. The van der Waals surface area contributed by atoms with Gasteiger partial charge in [-0.25, -0.2) is 14.2 Å². The van der Waals surface area contributed by atoms with Gasteiger partial charge in [0.2, 0.25) is 0 Å². The number of ether oxygens (including phenoxy) is 1. The van der Waals surface area contributed by atoms with Crippen LogP contribution in [0.25, 0.3) is 22.4 Å². The number of pyridine rings is 1. The normalized spacial score (nSPS) is 10.7. The van der Waals surface area contributed by atoms with E-state index in [1.807, 2.05) is 0 Å². The highest BCUT2D eigenvalue weighted by atomic mass is 35.5. The minimum atomic E-state index is -0.686. The van der Waals surface area contributed by atoms with Crippen LogP contribution in [0.2, 0.25) is 5.02 Å². The predicted molar refractivity (Wildman–Crippen MR) is 110 cm³/mol. The number of nitrogens with zero attached hydrogens (tertiary/aromatic N) is 1. The Morgan fingerprint density at radius 1 is 1.10 bits per heavy atom. The summed E-state index contributed by atoms with van der Waals surface area (Å²) in [7, 11) is 0. The summed E-state index contributed by atoms with van der Waals surface area (Å²) in [5.74, 6) is -1.37. The van der Waals surface area contributed by atoms with Crippen LogP contribution in [0.3, 0.4) is 0 Å². The minimum absolute atomic E-state index is 0.126.